The van der Waals surface area contributed by atoms with Crippen molar-refractivity contribution in [1.82, 2.24) is 9.55 Å². The average molecular weight is 439 g/mol. The maximum Gasteiger partial charge on any atom is 0.267 e. The average Bonchev–Trinajstić information content (AvgIpc) is 3.03. The SMILES string of the molecule is CCCc1sc2nc(SCc3ccccc3F)n(-c3cccc(C)c3)c(=O)c2c1C. The molecular formula is C24H23FN2OS2. The van der Waals surface area contributed by atoms with Crippen LogP contribution in [-0.2, 0) is 12.2 Å². The van der Waals surface area contributed by atoms with Gasteiger partial charge in [-0.1, -0.05) is 55.4 Å². The van der Waals surface area contributed by atoms with Gasteiger partial charge in [-0.2, -0.15) is 0 Å². The van der Waals surface area contributed by atoms with E-state index in [2.05, 4.69) is 6.92 Å². The van der Waals surface area contributed by atoms with Gasteiger partial charge in [0, 0.05) is 10.6 Å². The molecule has 0 aliphatic heterocycles. The zero-order chi connectivity index (χ0) is 21.3. The highest BCUT2D eigenvalue weighted by Crippen LogP contribution is 2.32. The largest absolute Gasteiger partial charge is 0.268 e. The van der Waals surface area contributed by atoms with Crippen LogP contribution in [0.3, 0.4) is 0 Å². The summed E-state index contributed by atoms with van der Waals surface area (Å²) < 4.78 is 15.8. The third-order valence-corrected chi connectivity index (χ3v) is 7.32. The Bertz CT molecular complexity index is 1280. The predicted octanol–water partition coefficient (Wildman–Crippen LogP) is 6.45. The second-order valence-corrected chi connectivity index (χ2v) is 9.36. The number of thiophene rings is 1. The lowest BCUT2D eigenvalue weighted by atomic mass is 10.1. The second kappa shape index (κ2) is 8.74. The van der Waals surface area contributed by atoms with Gasteiger partial charge in [-0.25, -0.2) is 9.37 Å². The molecule has 0 radical (unpaired) electrons. The van der Waals surface area contributed by atoms with Crippen LogP contribution in [0.2, 0.25) is 0 Å². The first-order valence-electron chi connectivity index (χ1n) is 9.98. The van der Waals surface area contributed by atoms with Crippen molar-refractivity contribution < 1.29 is 4.39 Å². The fourth-order valence-electron chi connectivity index (χ4n) is 3.53. The van der Waals surface area contributed by atoms with Gasteiger partial charge in [0.25, 0.3) is 5.56 Å². The standard InChI is InChI=1S/C24H23FN2OS2/c1-4-8-20-16(3)21-22(30-20)26-24(29-14-17-10-5-6-12-19(17)25)27(23(21)28)18-11-7-9-15(2)13-18/h5-7,9-13H,4,8,14H2,1-3H3. The minimum absolute atomic E-state index is 0.0577. The van der Waals surface area contributed by atoms with Crippen LogP contribution in [-0.4, -0.2) is 9.55 Å². The Balaban J connectivity index is 1.89. The van der Waals surface area contributed by atoms with Crippen LogP contribution in [0.4, 0.5) is 4.39 Å². The smallest absolute Gasteiger partial charge is 0.267 e. The Morgan fingerprint density at radius 1 is 1.13 bits per heavy atom. The van der Waals surface area contributed by atoms with E-state index in [0.29, 0.717) is 21.9 Å². The Kier molecular flexibility index (Phi) is 6.06. The maximum absolute atomic E-state index is 14.1. The molecule has 0 aliphatic carbocycles. The summed E-state index contributed by atoms with van der Waals surface area (Å²) in [5.74, 6) is 0.163. The summed E-state index contributed by atoms with van der Waals surface area (Å²) in [7, 11) is 0. The fraction of sp³-hybridized carbons (Fsp3) is 0.250. The Labute approximate surface area is 183 Å². The monoisotopic (exact) mass is 438 g/mol. The summed E-state index contributed by atoms with van der Waals surface area (Å²) in [6.07, 6.45) is 1.96. The van der Waals surface area contributed by atoms with Crippen molar-refractivity contribution in [2.45, 2.75) is 44.5 Å². The molecule has 0 bridgehead atoms. The van der Waals surface area contributed by atoms with Crippen molar-refractivity contribution in [2.75, 3.05) is 0 Å². The number of fused-ring (bicyclic) bond motifs is 1. The Morgan fingerprint density at radius 3 is 2.67 bits per heavy atom. The van der Waals surface area contributed by atoms with Gasteiger partial charge in [0.1, 0.15) is 10.6 Å². The van der Waals surface area contributed by atoms with Crippen LogP contribution < -0.4 is 5.56 Å². The Hall–Kier alpha value is -2.44. The molecule has 0 aliphatic rings. The number of hydrogen-bond acceptors (Lipinski definition) is 4. The molecule has 4 rings (SSSR count). The molecule has 154 valence electrons. The van der Waals surface area contributed by atoms with Crippen LogP contribution in [0.25, 0.3) is 15.9 Å². The van der Waals surface area contributed by atoms with E-state index in [9.17, 15) is 9.18 Å². The van der Waals surface area contributed by atoms with E-state index in [1.807, 2.05) is 44.2 Å². The van der Waals surface area contributed by atoms with Gasteiger partial charge >= 0.3 is 0 Å². The van der Waals surface area contributed by atoms with Gasteiger partial charge in [0.05, 0.1) is 11.1 Å². The molecule has 0 fully saturated rings. The first-order chi connectivity index (χ1) is 14.5. The molecule has 2 aromatic heterocycles. The van der Waals surface area contributed by atoms with Crippen LogP contribution >= 0.6 is 23.1 Å². The van der Waals surface area contributed by atoms with Crippen molar-refractivity contribution in [1.29, 1.82) is 0 Å². The summed E-state index contributed by atoms with van der Waals surface area (Å²) in [6, 6.07) is 14.6. The number of thioether (sulfide) groups is 1. The van der Waals surface area contributed by atoms with Crippen LogP contribution in [0.1, 0.15) is 34.9 Å². The predicted molar refractivity (Wildman–Crippen MR) is 125 cm³/mol. The van der Waals surface area contributed by atoms with Crippen molar-refractivity contribution in [3.05, 3.63) is 86.3 Å². The number of halogens is 1. The summed E-state index contributed by atoms with van der Waals surface area (Å²) >= 11 is 2.99. The van der Waals surface area contributed by atoms with Crippen molar-refractivity contribution in [2.24, 2.45) is 0 Å². The molecule has 0 saturated carbocycles. The number of rotatable bonds is 6. The number of benzene rings is 2. The van der Waals surface area contributed by atoms with E-state index in [-0.39, 0.29) is 11.4 Å². The third kappa shape index (κ3) is 3.94. The molecule has 0 amide bonds. The van der Waals surface area contributed by atoms with E-state index < -0.39 is 0 Å². The quantitative estimate of drug-likeness (QED) is 0.256. The van der Waals surface area contributed by atoms with Gasteiger partial charge in [0.15, 0.2) is 5.16 Å². The van der Waals surface area contributed by atoms with Gasteiger partial charge in [0.2, 0.25) is 0 Å². The highest BCUT2D eigenvalue weighted by atomic mass is 32.2. The number of aromatic nitrogens is 2. The summed E-state index contributed by atoms with van der Waals surface area (Å²) in [4.78, 5) is 20.5. The molecule has 0 saturated heterocycles. The minimum Gasteiger partial charge on any atom is -0.268 e. The number of hydrogen-bond donors (Lipinski definition) is 0. The van der Waals surface area contributed by atoms with Crippen molar-refractivity contribution in [3.63, 3.8) is 0 Å². The highest BCUT2D eigenvalue weighted by molar-refractivity contribution is 7.98. The summed E-state index contributed by atoms with van der Waals surface area (Å²) in [6.45, 7) is 6.15. The molecule has 0 spiro atoms. The van der Waals surface area contributed by atoms with Crippen LogP contribution in [0.5, 0.6) is 0 Å². The normalized spacial score (nSPS) is 11.3. The summed E-state index contributed by atoms with van der Waals surface area (Å²) in [5, 5.41) is 1.28. The first kappa shape index (κ1) is 20.8. The van der Waals surface area contributed by atoms with Crippen molar-refractivity contribution >= 4 is 33.3 Å². The Morgan fingerprint density at radius 2 is 1.93 bits per heavy atom. The molecule has 2 aromatic carbocycles. The van der Waals surface area contributed by atoms with Crippen LogP contribution in [0.15, 0.2) is 58.5 Å². The topological polar surface area (TPSA) is 34.9 Å². The molecule has 6 heteroatoms. The van der Waals surface area contributed by atoms with E-state index in [4.69, 9.17) is 4.98 Å². The van der Waals surface area contributed by atoms with Crippen molar-refractivity contribution in [3.8, 4) is 5.69 Å². The van der Waals surface area contributed by atoms with Gasteiger partial charge in [-0.15, -0.1) is 11.3 Å². The molecule has 0 N–H and O–H groups in total. The van der Waals surface area contributed by atoms with Gasteiger partial charge in [-0.05, 0) is 55.2 Å². The highest BCUT2D eigenvalue weighted by Gasteiger charge is 2.19. The fourth-order valence-corrected chi connectivity index (χ4v) is 5.84. The third-order valence-electron chi connectivity index (χ3n) is 5.08. The second-order valence-electron chi connectivity index (χ2n) is 7.33. The van der Waals surface area contributed by atoms with E-state index >= 15 is 0 Å². The zero-order valence-electron chi connectivity index (χ0n) is 17.2. The molecule has 0 unspecified atom stereocenters. The number of nitrogens with zero attached hydrogens (tertiary/aromatic N) is 2. The lowest BCUT2D eigenvalue weighted by molar-refractivity contribution is 0.617. The molecule has 30 heavy (non-hydrogen) atoms. The van der Waals surface area contributed by atoms with E-state index in [1.165, 1.54) is 22.7 Å². The lowest BCUT2D eigenvalue weighted by Gasteiger charge is -2.13. The molecule has 4 aromatic rings. The van der Waals surface area contributed by atoms with Crippen LogP contribution in [0, 0.1) is 19.7 Å². The molecule has 3 nitrogen and oxygen atoms in total. The molecule has 2 heterocycles. The lowest BCUT2D eigenvalue weighted by Crippen LogP contribution is -2.21. The van der Waals surface area contributed by atoms with E-state index in [1.54, 1.807) is 28.0 Å². The molecule has 0 atom stereocenters. The van der Waals surface area contributed by atoms with E-state index in [0.717, 1.165) is 34.5 Å². The minimum atomic E-state index is -0.243. The number of aryl methyl sites for hydroxylation is 3. The maximum atomic E-state index is 14.1. The zero-order valence-corrected chi connectivity index (χ0v) is 18.9. The van der Waals surface area contributed by atoms with Gasteiger partial charge < -0.3 is 0 Å². The first-order valence-corrected chi connectivity index (χ1v) is 11.8. The molecular weight excluding hydrogens is 415 g/mol. The summed E-state index contributed by atoms with van der Waals surface area (Å²) in [5.41, 5.74) is 3.42. The van der Waals surface area contributed by atoms with Gasteiger partial charge in [-0.3, -0.25) is 9.36 Å².